The lowest BCUT2D eigenvalue weighted by atomic mass is 9.88. The van der Waals surface area contributed by atoms with Gasteiger partial charge in [0.15, 0.2) is 5.78 Å². The SMILES string of the molecule is N#CC(CC(=O)[C@H]1N[C@@H]2CC[C@H]1C2)Cc1ccc(-c2ccc3c(c2)CC(=O)C3)cc1F. The van der Waals surface area contributed by atoms with Gasteiger partial charge < -0.3 is 5.32 Å². The predicted molar refractivity (Wildman–Crippen MR) is 115 cm³/mol. The maximum absolute atomic E-state index is 14.9. The number of hydrogen-bond donors (Lipinski definition) is 1. The number of rotatable bonds is 6. The summed E-state index contributed by atoms with van der Waals surface area (Å²) >= 11 is 0. The molecule has 4 nitrogen and oxygen atoms in total. The third-order valence-corrected chi connectivity index (χ3v) is 7.17. The van der Waals surface area contributed by atoms with Gasteiger partial charge in [-0.2, -0.15) is 5.26 Å². The molecule has 1 heterocycles. The van der Waals surface area contributed by atoms with Gasteiger partial charge in [0, 0.05) is 25.3 Å². The fraction of sp³-hybridized carbons (Fsp3) is 0.423. The molecule has 5 heteroatoms. The van der Waals surface area contributed by atoms with E-state index in [-0.39, 0.29) is 36.3 Å². The molecule has 1 unspecified atom stereocenters. The second kappa shape index (κ2) is 8.01. The number of carbonyl (C=O) groups is 2. The Morgan fingerprint density at radius 2 is 1.90 bits per heavy atom. The minimum Gasteiger partial charge on any atom is -0.304 e. The molecule has 2 fully saturated rings. The number of hydrogen-bond acceptors (Lipinski definition) is 4. The number of piperidine rings is 1. The van der Waals surface area contributed by atoms with E-state index < -0.39 is 5.92 Å². The molecule has 0 aromatic heterocycles. The summed E-state index contributed by atoms with van der Waals surface area (Å²) in [7, 11) is 0. The molecule has 0 amide bonds. The Bertz CT molecular complexity index is 1100. The van der Waals surface area contributed by atoms with E-state index in [1.54, 1.807) is 6.07 Å². The Morgan fingerprint density at radius 3 is 2.61 bits per heavy atom. The van der Waals surface area contributed by atoms with Crippen molar-refractivity contribution in [2.75, 3.05) is 0 Å². The van der Waals surface area contributed by atoms with Gasteiger partial charge in [-0.3, -0.25) is 9.59 Å². The van der Waals surface area contributed by atoms with Gasteiger partial charge in [0.05, 0.1) is 18.0 Å². The second-order valence-electron chi connectivity index (χ2n) is 9.30. The van der Waals surface area contributed by atoms with E-state index in [0.29, 0.717) is 30.4 Å². The molecule has 1 saturated heterocycles. The normalized spacial score (nSPS) is 24.8. The molecule has 3 aliphatic rings. The monoisotopic (exact) mass is 416 g/mol. The molecule has 2 aromatic carbocycles. The maximum atomic E-state index is 14.9. The molecule has 1 N–H and O–H groups in total. The fourth-order valence-electron chi connectivity index (χ4n) is 5.54. The largest absolute Gasteiger partial charge is 0.304 e. The van der Waals surface area contributed by atoms with Crippen molar-refractivity contribution in [2.45, 2.75) is 57.0 Å². The number of carbonyl (C=O) groups excluding carboxylic acids is 2. The maximum Gasteiger partial charge on any atom is 0.151 e. The zero-order valence-electron chi connectivity index (χ0n) is 17.4. The Hall–Kier alpha value is -2.84. The molecule has 5 rings (SSSR count). The van der Waals surface area contributed by atoms with Crippen molar-refractivity contribution in [1.82, 2.24) is 5.32 Å². The molecule has 0 spiro atoms. The number of nitrogens with one attached hydrogen (secondary N) is 1. The van der Waals surface area contributed by atoms with E-state index in [4.69, 9.17) is 0 Å². The van der Waals surface area contributed by atoms with Crippen LogP contribution in [0.25, 0.3) is 11.1 Å². The van der Waals surface area contributed by atoms with E-state index in [0.717, 1.165) is 41.5 Å². The molecular formula is C26H25FN2O2. The fourth-order valence-corrected chi connectivity index (χ4v) is 5.54. The van der Waals surface area contributed by atoms with E-state index in [1.807, 2.05) is 24.3 Å². The molecule has 2 bridgehead atoms. The molecule has 31 heavy (non-hydrogen) atoms. The Morgan fingerprint density at radius 1 is 1.13 bits per heavy atom. The summed E-state index contributed by atoms with van der Waals surface area (Å²) in [5.41, 5.74) is 4.16. The Kier molecular flexibility index (Phi) is 5.19. The van der Waals surface area contributed by atoms with Gasteiger partial charge in [0.2, 0.25) is 0 Å². The van der Waals surface area contributed by atoms with Crippen molar-refractivity contribution in [3.63, 3.8) is 0 Å². The number of nitriles is 1. The van der Waals surface area contributed by atoms with Crippen molar-refractivity contribution < 1.29 is 14.0 Å². The van der Waals surface area contributed by atoms with E-state index >= 15 is 0 Å². The first-order valence-electron chi connectivity index (χ1n) is 11.1. The highest BCUT2D eigenvalue weighted by Crippen LogP contribution is 2.36. The molecule has 0 radical (unpaired) electrons. The van der Waals surface area contributed by atoms with E-state index in [1.165, 1.54) is 6.07 Å². The third-order valence-electron chi connectivity index (χ3n) is 7.17. The van der Waals surface area contributed by atoms with Gasteiger partial charge in [-0.15, -0.1) is 0 Å². The molecule has 2 aromatic rings. The molecule has 158 valence electrons. The van der Waals surface area contributed by atoms with Crippen molar-refractivity contribution in [3.8, 4) is 17.2 Å². The summed E-state index contributed by atoms with van der Waals surface area (Å²) < 4.78 is 14.9. The van der Waals surface area contributed by atoms with Crippen LogP contribution in [0.1, 0.15) is 42.4 Å². The molecule has 1 saturated carbocycles. The van der Waals surface area contributed by atoms with Crippen LogP contribution < -0.4 is 5.32 Å². The average Bonchev–Trinajstić information content (AvgIpc) is 3.48. The Labute approximate surface area is 181 Å². The first-order chi connectivity index (χ1) is 15.0. The first kappa shape index (κ1) is 20.1. The number of benzene rings is 2. The lowest BCUT2D eigenvalue weighted by Gasteiger charge is -2.22. The second-order valence-corrected chi connectivity index (χ2v) is 9.30. The third kappa shape index (κ3) is 3.93. The van der Waals surface area contributed by atoms with Gasteiger partial charge in [-0.25, -0.2) is 4.39 Å². The van der Waals surface area contributed by atoms with Crippen LogP contribution in [-0.2, 0) is 28.9 Å². The first-order valence-corrected chi connectivity index (χ1v) is 11.1. The van der Waals surface area contributed by atoms with Crippen molar-refractivity contribution in [2.24, 2.45) is 11.8 Å². The zero-order valence-corrected chi connectivity index (χ0v) is 17.4. The molecular weight excluding hydrogens is 391 g/mol. The summed E-state index contributed by atoms with van der Waals surface area (Å²) in [6.45, 7) is 0. The summed E-state index contributed by atoms with van der Waals surface area (Å²) in [5.74, 6) is -0.190. The van der Waals surface area contributed by atoms with Crippen molar-refractivity contribution in [1.29, 1.82) is 5.26 Å². The zero-order chi connectivity index (χ0) is 21.5. The lowest BCUT2D eigenvalue weighted by Crippen LogP contribution is -2.42. The summed E-state index contributed by atoms with van der Waals surface area (Å²) in [4.78, 5) is 24.4. The van der Waals surface area contributed by atoms with Crippen LogP contribution in [0.2, 0.25) is 0 Å². The van der Waals surface area contributed by atoms with E-state index in [9.17, 15) is 19.2 Å². The predicted octanol–water partition coefficient (Wildman–Crippen LogP) is 3.94. The van der Waals surface area contributed by atoms with E-state index in [2.05, 4.69) is 11.4 Å². The Balaban J connectivity index is 1.27. The smallest absolute Gasteiger partial charge is 0.151 e. The van der Waals surface area contributed by atoms with Gasteiger partial charge >= 0.3 is 0 Å². The van der Waals surface area contributed by atoms with Crippen LogP contribution in [0.15, 0.2) is 36.4 Å². The minimum absolute atomic E-state index is 0.0865. The molecule has 4 atom stereocenters. The van der Waals surface area contributed by atoms with Gasteiger partial charge in [-0.05, 0) is 65.5 Å². The number of nitrogens with zero attached hydrogens (tertiary/aromatic N) is 1. The van der Waals surface area contributed by atoms with Crippen LogP contribution in [0.3, 0.4) is 0 Å². The van der Waals surface area contributed by atoms with Gasteiger partial charge in [-0.1, -0.05) is 30.3 Å². The van der Waals surface area contributed by atoms with Crippen LogP contribution in [0.4, 0.5) is 4.39 Å². The van der Waals surface area contributed by atoms with Crippen LogP contribution >= 0.6 is 0 Å². The van der Waals surface area contributed by atoms with Crippen molar-refractivity contribution >= 4 is 11.6 Å². The highest BCUT2D eigenvalue weighted by atomic mass is 19.1. The van der Waals surface area contributed by atoms with Gasteiger partial charge in [0.1, 0.15) is 11.6 Å². The standard InChI is InChI=1S/C26H25FN2O2/c27-24-13-18(16-1-2-17-11-23(30)12-21(17)9-16)3-4-19(24)7-15(14-28)8-25(31)26-20-5-6-22(10-20)29-26/h1-4,9,13,15,20,22,26,29H,5-8,10-12H2/t15?,20-,22+,26-/m0/s1. The van der Waals surface area contributed by atoms with Crippen LogP contribution in [0.5, 0.6) is 0 Å². The molecule has 2 aliphatic carbocycles. The number of fused-ring (bicyclic) bond motifs is 3. The number of Topliss-reactive ketones (excluding diaryl/α,β-unsaturated/α-hetero) is 2. The van der Waals surface area contributed by atoms with Crippen molar-refractivity contribution in [3.05, 3.63) is 58.9 Å². The van der Waals surface area contributed by atoms with Crippen LogP contribution in [-0.4, -0.2) is 23.7 Å². The highest BCUT2D eigenvalue weighted by Gasteiger charge is 2.42. The molecule has 1 aliphatic heterocycles. The number of ketones is 2. The quantitative estimate of drug-likeness (QED) is 0.774. The van der Waals surface area contributed by atoms with Gasteiger partial charge in [0.25, 0.3) is 0 Å². The summed E-state index contributed by atoms with van der Waals surface area (Å²) in [6.07, 6.45) is 4.59. The minimum atomic E-state index is -0.528. The topological polar surface area (TPSA) is 70.0 Å². The van der Waals surface area contributed by atoms with Crippen LogP contribution in [0, 0.1) is 29.0 Å². The average molecular weight is 416 g/mol. The summed E-state index contributed by atoms with van der Waals surface area (Å²) in [5, 5.41) is 13.0. The highest BCUT2D eigenvalue weighted by molar-refractivity contribution is 5.88. The summed E-state index contributed by atoms with van der Waals surface area (Å²) in [6, 6.07) is 13.4. The number of halogens is 1. The lowest BCUT2D eigenvalue weighted by molar-refractivity contribution is -0.122.